The molecule has 0 aliphatic rings. The normalized spacial score (nSPS) is 10.9. The van der Waals surface area contributed by atoms with Crippen LogP contribution in [0.15, 0.2) is 29.4 Å². The Morgan fingerprint density at radius 2 is 1.83 bits per heavy atom. The van der Waals surface area contributed by atoms with Gasteiger partial charge in [-0.15, -0.1) is 0 Å². The van der Waals surface area contributed by atoms with E-state index in [4.69, 9.17) is 11.6 Å². The molecular formula is C12H14ClN3O2. The molecule has 5 nitrogen and oxygen atoms in total. The molecule has 18 heavy (non-hydrogen) atoms. The van der Waals surface area contributed by atoms with E-state index in [1.54, 1.807) is 31.2 Å². The Morgan fingerprint density at radius 3 is 2.39 bits per heavy atom. The topological polar surface area (TPSA) is 70.6 Å². The van der Waals surface area contributed by atoms with Gasteiger partial charge in [-0.1, -0.05) is 11.6 Å². The molecule has 0 unspecified atom stereocenters. The van der Waals surface area contributed by atoms with Gasteiger partial charge in [0.25, 0.3) is 0 Å². The van der Waals surface area contributed by atoms with E-state index in [1.165, 1.54) is 6.92 Å². The molecule has 96 valence electrons. The largest absolute Gasteiger partial charge is 0.326 e. The summed E-state index contributed by atoms with van der Waals surface area (Å²) in [5.74, 6) is -0.476. The Labute approximate surface area is 110 Å². The van der Waals surface area contributed by atoms with Crippen LogP contribution in [0.3, 0.4) is 0 Å². The fourth-order valence-corrected chi connectivity index (χ4v) is 1.31. The Morgan fingerprint density at radius 1 is 1.22 bits per heavy atom. The lowest BCUT2D eigenvalue weighted by Crippen LogP contribution is -2.19. The smallest absolute Gasteiger partial charge is 0.236 e. The second-order valence-corrected chi connectivity index (χ2v) is 4.18. The van der Waals surface area contributed by atoms with Gasteiger partial charge in [0, 0.05) is 23.3 Å². The molecular weight excluding hydrogens is 254 g/mol. The van der Waals surface area contributed by atoms with Crippen LogP contribution >= 0.6 is 11.6 Å². The zero-order valence-electron chi connectivity index (χ0n) is 10.2. The number of carbonyl (C=O) groups excluding carboxylic acids is 2. The molecule has 0 radical (unpaired) electrons. The molecule has 0 aromatic heterocycles. The first-order valence-corrected chi connectivity index (χ1v) is 5.70. The maximum Gasteiger partial charge on any atom is 0.236 e. The van der Waals surface area contributed by atoms with Crippen LogP contribution in [0.4, 0.5) is 5.69 Å². The molecule has 0 fully saturated rings. The highest BCUT2D eigenvalue weighted by Crippen LogP contribution is 2.13. The van der Waals surface area contributed by atoms with Gasteiger partial charge in [0.05, 0.1) is 6.42 Å². The zero-order valence-corrected chi connectivity index (χ0v) is 10.9. The average molecular weight is 268 g/mol. The van der Waals surface area contributed by atoms with E-state index in [1.807, 2.05) is 0 Å². The molecule has 0 atom stereocenters. The van der Waals surface area contributed by atoms with Crippen LogP contribution in [0.2, 0.25) is 5.02 Å². The lowest BCUT2D eigenvalue weighted by Gasteiger charge is -2.05. The minimum Gasteiger partial charge on any atom is -0.326 e. The van der Waals surface area contributed by atoms with Crippen LogP contribution in [0, 0.1) is 0 Å². The first kappa shape index (κ1) is 14.2. The summed E-state index contributed by atoms with van der Waals surface area (Å²) in [6.07, 6.45) is 0.114. The molecule has 1 aromatic carbocycles. The second kappa shape index (κ2) is 6.76. The van der Waals surface area contributed by atoms with E-state index in [0.717, 1.165) is 0 Å². The lowest BCUT2D eigenvalue weighted by atomic mass is 10.2. The summed E-state index contributed by atoms with van der Waals surface area (Å²) in [5.41, 5.74) is 3.46. The molecule has 0 bridgehead atoms. The van der Waals surface area contributed by atoms with Gasteiger partial charge < -0.3 is 5.32 Å². The number of rotatable bonds is 4. The third kappa shape index (κ3) is 5.45. The molecule has 0 saturated heterocycles. The van der Waals surface area contributed by atoms with Gasteiger partial charge in [-0.05, 0) is 31.2 Å². The van der Waals surface area contributed by atoms with Crippen molar-refractivity contribution in [2.45, 2.75) is 20.3 Å². The van der Waals surface area contributed by atoms with E-state index in [-0.39, 0.29) is 18.2 Å². The SMILES string of the molecule is CC(=O)N/N=C(/C)CC(=O)Nc1ccc(Cl)cc1. The first-order chi connectivity index (χ1) is 8.47. The van der Waals surface area contributed by atoms with Crippen molar-refractivity contribution in [3.8, 4) is 0 Å². The van der Waals surface area contributed by atoms with Crippen molar-refractivity contribution in [3.05, 3.63) is 29.3 Å². The molecule has 1 aromatic rings. The summed E-state index contributed by atoms with van der Waals surface area (Å²) in [6.45, 7) is 3.02. The monoisotopic (exact) mass is 267 g/mol. The Balaban J connectivity index is 2.49. The van der Waals surface area contributed by atoms with E-state index in [0.29, 0.717) is 16.4 Å². The van der Waals surface area contributed by atoms with Gasteiger partial charge in [-0.2, -0.15) is 5.10 Å². The number of carbonyl (C=O) groups is 2. The highest BCUT2D eigenvalue weighted by atomic mass is 35.5. The molecule has 2 amide bonds. The van der Waals surface area contributed by atoms with Crippen LogP contribution in [0.5, 0.6) is 0 Å². The molecule has 0 saturated carbocycles. The van der Waals surface area contributed by atoms with E-state index >= 15 is 0 Å². The van der Waals surface area contributed by atoms with E-state index in [9.17, 15) is 9.59 Å². The maximum absolute atomic E-state index is 11.6. The van der Waals surface area contributed by atoms with Crippen molar-refractivity contribution in [2.24, 2.45) is 5.10 Å². The van der Waals surface area contributed by atoms with Gasteiger partial charge >= 0.3 is 0 Å². The minimum absolute atomic E-state index is 0.114. The van der Waals surface area contributed by atoms with Crippen molar-refractivity contribution in [1.82, 2.24) is 5.43 Å². The molecule has 2 N–H and O–H groups in total. The predicted octanol–water partition coefficient (Wildman–Crippen LogP) is 2.18. The molecule has 0 aliphatic heterocycles. The number of hydrazone groups is 1. The number of nitrogens with one attached hydrogen (secondary N) is 2. The van der Waals surface area contributed by atoms with Gasteiger partial charge in [-0.25, -0.2) is 5.43 Å². The van der Waals surface area contributed by atoms with Crippen LogP contribution in [0.1, 0.15) is 20.3 Å². The third-order valence-electron chi connectivity index (χ3n) is 1.95. The van der Waals surface area contributed by atoms with Crippen molar-refractivity contribution in [3.63, 3.8) is 0 Å². The molecule has 0 heterocycles. The summed E-state index contributed by atoms with van der Waals surface area (Å²) in [6, 6.07) is 6.80. The number of nitrogens with zero attached hydrogens (tertiary/aromatic N) is 1. The summed E-state index contributed by atoms with van der Waals surface area (Å²) in [5, 5.41) is 7.06. The second-order valence-electron chi connectivity index (χ2n) is 3.75. The fourth-order valence-electron chi connectivity index (χ4n) is 1.18. The molecule has 6 heteroatoms. The van der Waals surface area contributed by atoms with Crippen LogP contribution in [-0.4, -0.2) is 17.5 Å². The van der Waals surface area contributed by atoms with Crippen LogP contribution < -0.4 is 10.7 Å². The Bertz CT molecular complexity index is 469. The van der Waals surface area contributed by atoms with Gasteiger partial charge in [0.15, 0.2) is 0 Å². The number of benzene rings is 1. The van der Waals surface area contributed by atoms with E-state index < -0.39 is 0 Å². The van der Waals surface area contributed by atoms with Crippen LogP contribution in [0.25, 0.3) is 0 Å². The van der Waals surface area contributed by atoms with Gasteiger partial charge in [-0.3, -0.25) is 9.59 Å². The molecule has 0 spiro atoms. The number of amides is 2. The summed E-state index contributed by atoms with van der Waals surface area (Å²) in [4.78, 5) is 22.2. The number of hydrogen-bond acceptors (Lipinski definition) is 3. The minimum atomic E-state index is -0.271. The van der Waals surface area contributed by atoms with Gasteiger partial charge in [0.1, 0.15) is 0 Å². The van der Waals surface area contributed by atoms with Crippen molar-refractivity contribution < 1.29 is 9.59 Å². The number of halogens is 1. The summed E-state index contributed by atoms with van der Waals surface area (Å²) < 4.78 is 0. The third-order valence-corrected chi connectivity index (χ3v) is 2.20. The highest BCUT2D eigenvalue weighted by Gasteiger charge is 2.04. The summed E-state index contributed by atoms with van der Waals surface area (Å²) in [7, 11) is 0. The Hall–Kier alpha value is -1.88. The van der Waals surface area contributed by atoms with Crippen LogP contribution in [-0.2, 0) is 9.59 Å². The predicted molar refractivity (Wildman–Crippen MR) is 71.6 cm³/mol. The number of hydrogen-bond donors (Lipinski definition) is 2. The highest BCUT2D eigenvalue weighted by molar-refractivity contribution is 6.30. The van der Waals surface area contributed by atoms with Crippen molar-refractivity contribution >= 4 is 34.8 Å². The summed E-state index contributed by atoms with van der Waals surface area (Å²) >= 11 is 5.73. The van der Waals surface area contributed by atoms with E-state index in [2.05, 4.69) is 15.8 Å². The molecule has 0 aliphatic carbocycles. The maximum atomic E-state index is 11.6. The molecule has 1 rings (SSSR count). The lowest BCUT2D eigenvalue weighted by molar-refractivity contribution is -0.119. The number of anilines is 1. The fraction of sp³-hybridized carbons (Fsp3) is 0.250. The van der Waals surface area contributed by atoms with Gasteiger partial charge in [0.2, 0.25) is 11.8 Å². The zero-order chi connectivity index (χ0) is 13.5. The quantitative estimate of drug-likeness (QED) is 0.648. The van der Waals surface area contributed by atoms with Crippen molar-refractivity contribution in [1.29, 1.82) is 0 Å². The standard InChI is InChI=1S/C12H14ClN3O2/c1-8(15-16-9(2)17)7-12(18)14-11-5-3-10(13)4-6-11/h3-6H,7H2,1-2H3,(H,14,18)(H,16,17)/b15-8-. The van der Waals surface area contributed by atoms with Crippen molar-refractivity contribution in [2.75, 3.05) is 5.32 Å². The average Bonchev–Trinajstić information content (AvgIpc) is 2.29. The Kier molecular flexibility index (Phi) is 5.32. The first-order valence-electron chi connectivity index (χ1n) is 5.32.